The van der Waals surface area contributed by atoms with E-state index in [1.165, 1.54) is 13.8 Å². The average Bonchev–Trinajstić information content (AvgIpc) is 2.45. The van der Waals surface area contributed by atoms with E-state index < -0.39 is 21.9 Å². The molecule has 0 radical (unpaired) electrons. The Hall–Kier alpha value is -2.45. The molecule has 23 heavy (non-hydrogen) atoms. The van der Waals surface area contributed by atoms with Crippen molar-refractivity contribution in [3.8, 4) is 0 Å². The Bertz CT molecular complexity index is 761. The number of benzene rings is 1. The summed E-state index contributed by atoms with van der Waals surface area (Å²) in [4.78, 5) is 22.8. The van der Waals surface area contributed by atoms with Gasteiger partial charge in [0.05, 0.1) is 11.4 Å². The molecule has 0 spiro atoms. The van der Waals surface area contributed by atoms with Crippen molar-refractivity contribution in [3.63, 3.8) is 0 Å². The standard InChI is InChI=1S/C15H18N2O5S/c1-6-11(18)16-13-8(3)14(17-12(19)7-2)10(5)15(9(13)4)23(20,21)22/h6-7H,1-2H2,3-5H3,(H,16,18)(H,17,19)(H,20,21,22). The van der Waals surface area contributed by atoms with E-state index in [0.717, 1.165) is 12.2 Å². The second-order valence-corrected chi connectivity index (χ2v) is 6.17. The lowest BCUT2D eigenvalue weighted by molar-refractivity contribution is -0.112. The molecule has 0 aliphatic rings. The molecule has 0 aromatic heterocycles. The lowest BCUT2D eigenvalue weighted by Gasteiger charge is -2.21. The smallest absolute Gasteiger partial charge is 0.295 e. The van der Waals surface area contributed by atoms with Gasteiger partial charge < -0.3 is 10.6 Å². The number of rotatable bonds is 5. The van der Waals surface area contributed by atoms with Gasteiger partial charge in [0.1, 0.15) is 4.90 Å². The number of hydrogen-bond acceptors (Lipinski definition) is 4. The van der Waals surface area contributed by atoms with Crippen LogP contribution in [0.4, 0.5) is 11.4 Å². The topological polar surface area (TPSA) is 113 Å². The predicted molar refractivity (Wildman–Crippen MR) is 88.1 cm³/mol. The zero-order chi connectivity index (χ0) is 17.9. The van der Waals surface area contributed by atoms with Crippen LogP contribution in [0.25, 0.3) is 0 Å². The molecule has 0 fully saturated rings. The van der Waals surface area contributed by atoms with Crippen molar-refractivity contribution < 1.29 is 22.6 Å². The molecule has 1 aromatic carbocycles. The van der Waals surface area contributed by atoms with Crippen molar-refractivity contribution in [1.29, 1.82) is 0 Å². The van der Waals surface area contributed by atoms with Gasteiger partial charge >= 0.3 is 0 Å². The first kappa shape index (κ1) is 18.6. The van der Waals surface area contributed by atoms with Crippen LogP contribution in [0, 0.1) is 20.8 Å². The first-order valence-corrected chi connectivity index (χ1v) is 7.96. The van der Waals surface area contributed by atoms with Crippen LogP contribution >= 0.6 is 0 Å². The summed E-state index contributed by atoms with van der Waals surface area (Å²) < 4.78 is 32.9. The van der Waals surface area contributed by atoms with Gasteiger partial charge in [0.2, 0.25) is 11.8 Å². The number of carbonyl (C=O) groups is 2. The highest BCUT2D eigenvalue weighted by molar-refractivity contribution is 7.86. The third-order valence-electron chi connectivity index (χ3n) is 3.31. The molecular formula is C15H18N2O5S. The first-order valence-electron chi connectivity index (χ1n) is 6.52. The highest BCUT2D eigenvalue weighted by Crippen LogP contribution is 2.37. The van der Waals surface area contributed by atoms with Crippen LogP contribution in [-0.4, -0.2) is 24.8 Å². The van der Waals surface area contributed by atoms with Crippen LogP contribution in [0.2, 0.25) is 0 Å². The largest absolute Gasteiger partial charge is 0.322 e. The fraction of sp³-hybridized carbons (Fsp3) is 0.200. The summed E-state index contributed by atoms with van der Waals surface area (Å²) in [5.41, 5.74) is 1.11. The lowest BCUT2D eigenvalue weighted by Crippen LogP contribution is -2.18. The van der Waals surface area contributed by atoms with E-state index in [9.17, 15) is 22.6 Å². The van der Waals surface area contributed by atoms with E-state index in [1.807, 2.05) is 0 Å². The molecule has 1 rings (SSSR count). The molecule has 124 valence electrons. The van der Waals surface area contributed by atoms with Crippen molar-refractivity contribution in [2.75, 3.05) is 10.6 Å². The minimum absolute atomic E-state index is 0.161. The van der Waals surface area contributed by atoms with E-state index >= 15 is 0 Å². The van der Waals surface area contributed by atoms with Crippen LogP contribution in [0.1, 0.15) is 16.7 Å². The fourth-order valence-corrected chi connectivity index (χ4v) is 3.28. The van der Waals surface area contributed by atoms with Gasteiger partial charge in [-0.1, -0.05) is 13.2 Å². The minimum atomic E-state index is -4.57. The molecule has 7 nitrogen and oxygen atoms in total. The Morgan fingerprint density at radius 3 is 1.52 bits per heavy atom. The summed E-state index contributed by atoms with van der Waals surface area (Å²) in [6, 6.07) is 0. The molecule has 0 heterocycles. The third kappa shape index (κ3) is 3.85. The Kier molecular flexibility index (Phi) is 5.46. The molecule has 0 saturated heterocycles. The molecule has 0 bridgehead atoms. The number of anilines is 2. The molecule has 0 saturated carbocycles. The van der Waals surface area contributed by atoms with Crippen LogP contribution < -0.4 is 10.6 Å². The molecule has 0 aliphatic carbocycles. The van der Waals surface area contributed by atoms with Crippen LogP contribution in [0.3, 0.4) is 0 Å². The molecule has 0 aliphatic heterocycles. The average molecular weight is 338 g/mol. The molecule has 0 atom stereocenters. The van der Waals surface area contributed by atoms with Crippen molar-refractivity contribution >= 4 is 33.3 Å². The van der Waals surface area contributed by atoms with Gasteiger partial charge in [-0.05, 0) is 49.6 Å². The SMILES string of the molecule is C=CC(=O)Nc1c(C)c(NC(=O)C=C)c(C)c(S(=O)(=O)O)c1C. The Morgan fingerprint density at radius 1 is 0.913 bits per heavy atom. The molecule has 0 unspecified atom stereocenters. The summed E-state index contributed by atoms with van der Waals surface area (Å²) in [6.45, 7) is 11.1. The Labute approximate surface area is 134 Å². The zero-order valence-electron chi connectivity index (χ0n) is 13.1. The van der Waals surface area contributed by atoms with E-state index in [1.54, 1.807) is 6.92 Å². The second-order valence-electron chi connectivity index (χ2n) is 4.82. The maximum atomic E-state index is 11.7. The maximum Gasteiger partial charge on any atom is 0.295 e. The summed E-state index contributed by atoms with van der Waals surface area (Å²) in [5, 5.41) is 4.98. The molecule has 8 heteroatoms. The van der Waals surface area contributed by atoms with E-state index in [-0.39, 0.29) is 27.4 Å². The molecule has 2 amide bonds. The van der Waals surface area contributed by atoms with Crippen LogP contribution in [-0.2, 0) is 19.7 Å². The van der Waals surface area contributed by atoms with E-state index in [2.05, 4.69) is 23.8 Å². The Balaban J connectivity index is 3.80. The van der Waals surface area contributed by atoms with E-state index in [4.69, 9.17) is 0 Å². The first-order chi connectivity index (χ1) is 10.5. The van der Waals surface area contributed by atoms with Gasteiger partial charge in [-0.2, -0.15) is 8.42 Å². The monoisotopic (exact) mass is 338 g/mol. The third-order valence-corrected chi connectivity index (χ3v) is 4.43. The van der Waals surface area contributed by atoms with Gasteiger partial charge in [0.15, 0.2) is 0 Å². The summed E-state index contributed by atoms with van der Waals surface area (Å²) in [5.74, 6) is -1.11. The van der Waals surface area contributed by atoms with Gasteiger partial charge in [-0.3, -0.25) is 14.1 Å². The highest BCUT2D eigenvalue weighted by Gasteiger charge is 2.25. The van der Waals surface area contributed by atoms with Crippen LogP contribution in [0.5, 0.6) is 0 Å². The number of hydrogen-bond donors (Lipinski definition) is 3. The fourth-order valence-electron chi connectivity index (χ4n) is 2.31. The van der Waals surface area contributed by atoms with Crippen molar-refractivity contribution in [3.05, 3.63) is 42.0 Å². The summed E-state index contributed by atoms with van der Waals surface area (Å²) in [6.07, 6.45) is 2.04. The summed E-state index contributed by atoms with van der Waals surface area (Å²) in [7, 11) is -4.57. The van der Waals surface area contributed by atoms with E-state index in [0.29, 0.717) is 5.56 Å². The zero-order valence-corrected chi connectivity index (χ0v) is 13.9. The quantitative estimate of drug-likeness (QED) is 0.562. The Morgan fingerprint density at radius 2 is 1.26 bits per heavy atom. The second kappa shape index (κ2) is 6.76. The van der Waals surface area contributed by atoms with Crippen molar-refractivity contribution in [2.24, 2.45) is 0 Å². The number of carbonyl (C=O) groups excluding carboxylic acids is 2. The van der Waals surface area contributed by atoms with Crippen LogP contribution in [0.15, 0.2) is 30.2 Å². The highest BCUT2D eigenvalue weighted by atomic mass is 32.2. The van der Waals surface area contributed by atoms with Crippen molar-refractivity contribution in [1.82, 2.24) is 0 Å². The maximum absolute atomic E-state index is 11.7. The van der Waals surface area contributed by atoms with Crippen molar-refractivity contribution in [2.45, 2.75) is 25.7 Å². The number of nitrogens with one attached hydrogen (secondary N) is 2. The molecular weight excluding hydrogens is 320 g/mol. The van der Waals surface area contributed by atoms with Gasteiger partial charge in [0.25, 0.3) is 10.1 Å². The number of amides is 2. The van der Waals surface area contributed by atoms with Gasteiger partial charge in [0, 0.05) is 0 Å². The minimum Gasteiger partial charge on any atom is -0.322 e. The summed E-state index contributed by atoms with van der Waals surface area (Å²) >= 11 is 0. The van der Waals surface area contributed by atoms with Gasteiger partial charge in [-0.15, -0.1) is 0 Å². The molecule has 3 N–H and O–H groups in total. The predicted octanol–water partition coefficient (Wildman–Crippen LogP) is 2.11. The van der Waals surface area contributed by atoms with Gasteiger partial charge in [-0.25, -0.2) is 0 Å². The molecule has 1 aromatic rings. The normalized spacial score (nSPS) is 10.8. The lowest BCUT2D eigenvalue weighted by atomic mass is 10.0.